The summed E-state index contributed by atoms with van der Waals surface area (Å²) in [6, 6.07) is 8.93. The summed E-state index contributed by atoms with van der Waals surface area (Å²) < 4.78 is 1.88. The Morgan fingerprint density at radius 3 is 2.60 bits per heavy atom. The summed E-state index contributed by atoms with van der Waals surface area (Å²) in [4.78, 5) is 11.7. The van der Waals surface area contributed by atoms with Crippen LogP contribution in [-0.2, 0) is 18.3 Å². The lowest BCUT2D eigenvalue weighted by Gasteiger charge is -2.03. The van der Waals surface area contributed by atoms with Crippen LogP contribution in [0.2, 0.25) is 10.0 Å². The standard InChI is InChI=1S/C14H13Cl2N3O/c1-19-7-3-4-10(19)8-14(20)18-17-9-11-12(15)5-2-6-13(11)16/h2-7,9H,8H2,1H3,(H,18,20)/b17-9+. The second-order valence-corrected chi connectivity index (χ2v) is 5.03. The number of hydrogen-bond acceptors (Lipinski definition) is 2. The van der Waals surface area contributed by atoms with Crippen LogP contribution in [0.25, 0.3) is 0 Å². The van der Waals surface area contributed by atoms with E-state index in [0.717, 1.165) is 5.69 Å². The maximum atomic E-state index is 11.7. The van der Waals surface area contributed by atoms with E-state index in [1.54, 1.807) is 18.2 Å². The van der Waals surface area contributed by atoms with Crippen LogP contribution in [0.4, 0.5) is 0 Å². The number of amides is 1. The Balaban J connectivity index is 1.97. The summed E-state index contributed by atoms with van der Waals surface area (Å²) in [5.41, 5.74) is 3.94. The van der Waals surface area contributed by atoms with Crippen LogP contribution in [0.1, 0.15) is 11.3 Å². The lowest BCUT2D eigenvalue weighted by molar-refractivity contribution is -0.120. The molecule has 2 rings (SSSR count). The largest absolute Gasteiger partial charge is 0.354 e. The summed E-state index contributed by atoms with van der Waals surface area (Å²) in [5, 5.41) is 4.84. The number of nitrogens with one attached hydrogen (secondary N) is 1. The topological polar surface area (TPSA) is 46.4 Å². The Morgan fingerprint density at radius 2 is 2.00 bits per heavy atom. The molecule has 0 aliphatic carbocycles. The summed E-state index contributed by atoms with van der Waals surface area (Å²) in [6.07, 6.45) is 3.58. The monoisotopic (exact) mass is 309 g/mol. The van der Waals surface area contributed by atoms with Crippen molar-refractivity contribution < 1.29 is 4.79 Å². The molecule has 1 heterocycles. The lowest BCUT2D eigenvalue weighted by atomic mass is 10.2. The van der Waals surface area contributed by atoms with Crippen molar-refractivity contribution in [3.63, 3.8) is 0 Å². The highest BCUT2D eigenvalue weighted by Crippen LogP contribution is 2.21. The number of hydrazone groups is 1. The molecule has 104 valence electrons. The van der Waals surface area contributed by atoms with Gasteiger partial charge in [0, 0.05) is 24.5 Å². The quantitative estimate of drug-likeness (QED) is 0.685. The maximum absolute atomic E-state index is 11.7. The van der Waals surface area contributed by atoms with Gasteiger partial charge >= 0.3 is 0 Å². The first-order valence-electron chi connectivity index (χ1n) is 5.94. The smallest absolute Gasteiger partial charge is 0.245 e. The Morgan fingerprint density at radius 1 is 1.30 bits per heavy atom. The highest BCUT2D eigenvalue weighted by atomic mass is 35.5. The first-order valence-corrected chi connectivity index (χ1v) is 6.69. The van der Waals surface area contributed by atoms with Crippen LogP contribution < -0.4 is 5.43 Å². The zero-order valence-electron chi connectivity index (χ0n) is 10.8. The van der Waals surface area contributed by atoms with Crippen molar-refractivity contribution in [3.05, 3.63) is 57.8 Å². The highest BCUT2D eigenvalue weighted by Gasteiger charge is 2.05. The number of nitrogens with zero attached hydrogens (tertiary/aromatic N) is 2. The van der Waals surface area contributed by atoms with Gasteiger partial charge in [-0.15, -0.1) is 0 Å². The van der Waals surface area contributed by atoms with Gasteiger partial charge in [0.25, 0.3) is 0 Å². The molecule has 2 aromatic rings. The fourth-order valence-corrected chi connectivity index (χ4v) is 2.18. The molecule has 0 radical (unpaired) electrons. The van der Waals surface area contributed by atoms with E-state index >= 15 is 0 Å². The van der Waals surface area contributed by atoms with E-state index in [0.29, 0.717) is 15.6 Å². The summed E-state index contributed by atoms with van der Waals surface area (Å²) in [7, 11) is 1.88. The van der Waals surface area contributed by atoms with Crippen molar-refractivity contribution in [2.45, 2.75) is 6.42 Å². The van der Waals surface area contributed by atoms with E-state index in [4.69, 9.17) is 23.2 Å². The molecule has 0 aliphatic rings. The fourth-order valence-electron chi connectivity index (χ4n) is 1.69. The molecule has 0 saturated carbocycles. The first-order chi connectivity index (χ1) is 9.58. The highest BCUT2D eigenvalue weighted by molar-refractivity contribution is 6.38. The molecule has 6 heteroatoms. The van der Waals surface area contributed by atoms with E-state index in [9.17, 15) is 4.79 Å². The van der Waals surface area contributed by atoms with Gasteiger partial charge in [0.05, 0.1) is 22.7 Å². The van der Waals surface area contributed by atoms with E-state index in [2.05, 4.69) is 10.5 Å². The average molecular weight is 310 g/mol. The Labute approximate surface area is 127 Å². The Kier molecular flexibility index (Phi) is 4.82. The van der Waals surface area contributed by atoms with E-state index in [1.807, 2.05) is 29.9 Å². The number of carbonyl (C=O) groups is 1. The molecular formula is C14H13Cl2N3O. The zero-order chi connectivity index (χ0) is 14.5. The molecule has 0 spiro atoms. The normalized spacial score (nSPS) is 10.9. The van der Waals surface area contributed by atoms with Gasteiger partial charge in [-0.05, 0) is 24.3 Å². The number of aromatic nitrogens is 1. The third kappa shape index (κ3) is 3.62. The van der Waals surface area contributed by atoms with E-state index in [-0.39, 0.29) is 12.3 Å². The molecule has 4 nitrogen and oxygen atoms in total. The number of carbonyl (C=O) groups excluding carboxylic acids is 1. The van der Waals surface area contributed by atoms with Gasteiger partial charge in [-0.2, -0.15) is 5.10 Å². The first kappa shape index (κ1) is 14.6. The van der Waals surface area contributed by atoms with Gasteiger partial charge in [-0.25, -0.2) is 5.43 Å². The van der Waals surface area contributed by atoms with Gasteiger partial charge in [-0.3, -0.25) is 4.79 Å². The second-order valence-electron chi connectivity index (χ2n) is 4.22. The number of hydrogen-bond donors (Lipinski definition) is 1. The van der Waals surface area contributed by atoms with Gasteiger partial charge in [-0.1, -0.05) is 29.3 Å². The van der Waals surface area contributed by atoms with Gasteiger partial charge in [0.15, 0.2) is 0 Å². The number of halogens is 2. The third-order valence-electron chi connectivity index (χ3n) is 2.78. The summed E-state index contributed by atoms with van der Waals surface area (Å²) in [6.45, 7) is 0. The molecule has 0 unspecified atom stereocenters. The van der Waals surface area contributed by atoms with E-state index in [1.165, 1.54) is 6.21 Å². The maximum Gasteiger partial charge on any atom is 0.245 e. The Bertz CT molecular complexity index is 629. The second kappa shape index (κ2) is 6.59. The van der Waals surface area contributed by atoms with Crippen LogP contribution in [0.5, 0.6) is 0 Å². The minimum atomic E-state index is -0.203. The minimum absolute atomic E-state index is 0.203. The molecule has 0 atom stereocenters. The number of rotatable bonds is 4. The molecule has 20 heavy (non-hydrogen) atoms. The van der Waals surface area contributed by atoms with Crippen LogP contribution in [0.15, 0.2) is 41.6 Å². The fraction of sp³-hybridized carbons (Fsp3) is 0.143. The van der Waals surface area contributed by atoms with Gasteiger partial charge in [0.2, 0.25) is 5.91 Å². The summed E-state index contributed by atoms with van der Waals surface area (Å²) >= 11 is 12.0. The molecule has 1 amide bonds. The molecule has 0 bridgehead atoms. The summed E-state index contributed by atoms with van der Waals surface area (Å²) in [5.74, 6) is -0.203. The molecule has 1 aromatic heterocycles. The van der Waals surface area contributed by atoms with Crippen LogP contribution in [0.3, 0.4) is 0 Å². The molecular weight excluding hydrogens is 297 g/mol. The van der Waals surface area contributed by atoms with Crippen molar-refractivity contribution >= 4 is 35.3 Å². The van der Waals surface area contributed by atoms with Crippen molar-refractivity contribution in [2.75, 3.05) is 0 Å². The van der Waals surface area contributed by atoms with Crippen LogP contribution >= 0.6 is 23.2 Å². The van der Waals surface area contributed by atoms with E-state index < -0.39 is 0 Å². The molecule has 1 aromatic carbocycles. The van der Waals surface area contributed by atoms with Crippen molar-refractivity contribution in [1.82, 2.24) is 9.99 Å². The van der Waals surface area contributed by atoms with Crippen molar-refractivity contribution in [3.8, 4) is 0 Å². The predicted molar refractivity (Wildman–Crippen MR) is 81.3 cm³/mol. The minimum Gasteiger partial charge on any atom is -0.354 e. The van der Waals surface area contributed by atoms with Crippen molar-refractivity contribution in [1.29, 1.82) is 0 Å². The van der Waals surface area contributed by atoms with Gasteiger partial charge in [0.1, 0.15) is 0 Å². The van der Waals surface area contributed by atoms with Crippen LogP contribution in [0, 0.1) is 0 Å². The number of aryl methyl sites for hydroxylation is 1. The lowest BCUT2D eigenvalue weighted by Crippen LogP contribution is -2.20. The third-order valence-corrected chi connectivity index (χ3v) is 3.43. The average Bonchev–Trinajstić information content (AvgIpc) is 2.79. The molecule has 1 N–H and O–H groups in total. The molecule has 0 aliphatic heterocycles. The Hall–Kier alpha value is -1.78. The van der Waals surface area contributed by atoms with Crippen LogP contribution in [-0.4, -0.2) is 16.7 Å². The zero-order valence-corrected chi connectivity index (χ0v) is 12.3. The molecule has 0 saturated heterocycles. The van der Waals surface area contributed by atoms with Gasteiger partial charge < -0.3 is 4.57 Å². The SMILES string of the molecule is Cn1cccc1CC(=O)N/N=C/c1c(Cl)cccc1Cl. The number of benzene rings is 1. The van der Waals surface area contributed by atoms with Crippen molar-refractivity contribution in [2.24, 2.45) is 12.1 Å². The molecule has 0 fully saturated rings. The predicted octanol–water partition coefficient (Wildman–Crippen LogP) is 3.02.